The molecule has 0 saturated carbocycles. The number of nitrogens with one attached hydrogen (secondary N) is 1. The summed E-state index contributed by atoms with van der Waals surface area (Å²) in [6.45, 7) is 3.94. The first-order valence-corrected chi connectivity index (χ1v) is 10.2. The molecular weight excluding hydrogens is 364 g/mol. The molecule has 0 aliphatic carbocycles. The van der Waals surface area contributed by atoms with E-state index in [0.29, 0.717) is 17.8 Å². The van der Waals surface area contributed by atoms with Gasteiger partial charge in [0.1, 0.15) is 0 Å². The number of pyridine rings is 1. The lowest BCUT2D eigenvalue weighted by atomic mass is 10.1. The first kappa shape index (κ1) is 19.2. The lowest BCUT2D eigenvalue weighted by Gasteiger charge is -2.19. The molecule has 0 atom stereocenters. The van der Waals surface area contributed by atoms with Crippen molar-refractivity contribution in [2.24, 2.45) is 0 Å². The van der Waals surface area contributed by atoms with Crippen LogP contribution in [0.1, 0.15) is 57.9 Å². The summed E-state index contributed by atoms with van der Waals surface area (Å²) in [6.07, 6.45) is 6.12. The van der Waals surface area contributed by atoms with Gasteiger partial charge in [-0.1, -0.05) is 48.7 Å². The predicted octanol–water partition coefficient (Wildman–Crippen LogP) is 3.59. The summed E-state index contributed by atoms with van der Waals surface area (Å²) >= 11 is 0. The molecule has 1 aliphatic heterocycles. The molecular formula is C23H26N4O2. The number of hydrogen-bond donors (Lipinski definition) is 1. The van der Waals surface area contributed by atoms with E-state index < -0.39 is 0 Å². The predicted molar refractivity (Wildman–Crippen MR) is 112 cm³/mol. The lowest BCUT2D eigenvalue weighted by molar-refractivity contribution is 0.0758. The van der Waals surface area contributed by atoms with Gasteiger partial charge in [-0.25, -0.2) is 4.98 Å². The zero-order valence-electron chi connectivity index (χ0n) is 16.7. The van der Waals surface area contributed by atoms with Crippen LogP contribution >= 0.6 is 0 Å². The van der Waals surface area contributed by atoms with E-state index >= 15 is 0 Å². The van der Waals surface area contributed by atoms with Crippen LogP contribution in [-0.4, -0.2) is 39.2 Å². The highest BCUT2D eigenvalue weighted by atomic mass is 16.2. The Morgan fingerprint density at radius 1 is 1.03 bits per heavy atom. The molecule has 150 valence electrons. The summed E-state index contributed by atoms with van der Waals surface area (Å²) in [7, 11) is 0. The van der Waals surface area contributed by atoms with E-state index in [1.54, 1.807) is 10.6 Å². The van der Waals surface area contributed by atoms with Gasteiger partial charge in [0, 0.05) is 25.8 Å². The zero-order chi connectivity index (χ0) is 20.2. The number of rotatable bonds is 4. The van der Waals surface area contributed by atoms with E-state index in [-0.39, 0.29) is 17.6 Å². The van der Waals surface area contributed by atoms with Crippen LogP contribution < -0.4 is 5.32 Å². The van der Waals surface area contributed by atoms with Gasteiger partial charge in [-0.2, -0.15) is 0 Å². The molecule has 29 heavy (non-hydrogen) atoms. The number of aromatic nitrogens is 2. The monoisotopic (exact) mass is 390 g/mol. The van der Waals surface area contributed by atoms with E-state index in [2.05, 4.69) is 10.3 Å². The second-order valence-corrected chi connectivity index (χ2v) is 7.62. The smallest absolute Gasteiger partial charge is 0.287 e. The SMILES string of the molecule is Cc1cccc(CNC(=O)c2nc(C(=O)N3CCCCCC3)c3ccccn23)c1. The summed E-state index contributed by atoms with van der Waals surface area (Å²) in [4.78, 5) is 32.4. The standard InChI is InChI=1S/C23H26N4O2/c1-17-9-8-10-18(15-17)16-24-22(28)21-25-20(19-11-4-7-14-27(19)21)23(29)26-12-5-2-3-6-13-26/h4,7-11,14-15H,2-3,5-6,12-13,16H2,1H3,(H,24,28). The number of nitrogens with zero attached hydrogens (tertiary/aromatic N) is 3. The van der Waals surface area contributed by atoms with Crippen LogP contribution in [0, 0.1) is 6.92 Å². The summed E-state index contributed by atoms with van der Waals surface area (Å²) in [5.74, 6) is -0.137. The molecule has 6 nitrogen and oxygen atoms in total. The fourth-order valence-electron chi connectivity index (χ4n) is 3.86. The highest BCUT2D eigenvalue weighted by Gasteiger charge is 2.25. The second-order valence-electron chi connectivity index (χ2n) is 7.62. The Hall–Kier alpha value is -3.15. The molecule has 0 bridgehead atoms. The van der Waals surface area contributed by atoms with Gasteiger partial charge in [0.25, 0.3) is 11.8 Å². The van der Waals surface area contributed by atoms with Crippen molar-refractivity contribution in [3.63, 3.8) is 0 Å². The summed E-state index contributed by atoms with van der Waals surface area (Å²) in [5, 5.41) is 2.93. The maximum atomic E-state index is 13.1. The lowest BCUT2D eigenvalue weighted by Crippen LogP contribution is -2.32. The number of aryl methyl sites for hydroxylation is 1. The minimum atomic E-state index is -0.289. The Labute approximate surface area is 170 Å². The van der Waals surface area contributed by atoms with E-state index in [4.69, 9.17) is 0 Å². The number of imidazole rings is 1. The van der Waals surface area contributed by atoms with Crippen LogP contribution in [0.3, 0.4) is 0 Å². The second kappa shape index (κ2) is 8.47. The average molecular weight is 390 g/mol. The highest BCUT2D eigenvalue weighted by molar-refractivity contribution is 6.02. The molecule has 1 saturated heterocycles. The summed E-state index contributed by atoms with van der Waals surface area (Å²) in [6, 6.07) is 13.6. The Balaban J connectivity index is 1.59. The Bertz CT molecular complexity index is 1030. The van der Waals surface area contributed by atoms with Crippen molar-refractivity contribution in [2.75, 3.05) is 13.1 Å². The molecule has 0 unspecified atom stereocenters. The van der Waals surface area contributed by atoms with E-state index in [9.17, 15) is 9.59 Å². The van der Waals surface area contributed by atoms with Crippen LogP contribution in [-0.2, 0) is 6.54 Å². The van der Waals surface area contributed by atoms with Crippen LogP contribution in [0.15, 0.2) is 48.7 Å². The van der Waals surface area contributed by atoms with Crippen LogP contribution in [0.25, 0.3) is 5.52 Å². The quantitative estimate of drug-likeness (QED) is 0.740. The van der Waals surface area contributed by atoms with Gasteiger partial charge in [0.05, 0.1) is 5.52 Å². The van der Waals surface area contributed by atoms with Crippen LogP contribution in [0.2, 0.25) is 0 Å². The number of amides is 2. The molecule has 0 spiro atoms. The van der Waals surface area contributed by atoms with Crippen molar-refractivity contribution >= 4 is 17.3 Å². The fraction of sp³-hybridized carbons (Fsp3) is 0.348. The van der Waals surface area contributed by atoms with Gasteiger partial charge in [-0.05, 0) is 37.5 Å². The molecule has 2 amide bonds. The topological polar surface area (TPSA) is 66.7 Å². The number of benzene rings is 1. The fourth-order valence-corrected chi connectivity index (χ4v) is 3.86. The van der Waals surface area contributed by atoms with Crippen molar-refractivity contribution in [2.45, 2.75) is 39.2 Å². The molecule has 3 heterocycles. The Morgan fingerprint density at radius 3 is 2.59 bits per heavy atom. The molecule has 3 aromatic rings. The molecule has 1 aliphatic rings. The number of fused-ring (bicyclic) bond motifs is 1. The summed E-state index contributed by atoms with van der Waals surface area (Å²) in [5.41, 5.74) is 3.20. The minimum absolute atomic E-state index is 0.0895. The number of likely N-dealkylation sites (tertiary alicyclic amines) is 1. The van der Waals surface area contributed by atoms with Crippen molar-refractivity contribution < 1.29 is 9.59 Å². The molecule has 1 fully saturated rings. The number of carbonyl (C=O) groups excluding carboxylic acids is 2. The Morgan fingerprint density at radius 2 is 1.83 bits per heavy atom. The van der Waals surface area contributed by atoms with Crippen molar-refractivity contribution in [3.8, 4) is 0 Å². The molecule has 1 aromatic carbocycles. The van der Waals surface area contributed by atoms with E-state index in [0.717, 1.165) is 49.9 Å². The van der Waals surface area contributed by atoms with Crippen LogP contribution in [0.5, 0.6) is 0 Å². The maximum Gasteiger partial charge on any atom is 0.287 e. The molecule has 2 aromatic heterocycles. The van der Waals surface area contributed by atoms with Gasteiger partial charge in [0.15, 0.2) is 5.69 Å². The van der Waals surface area contributed by atoms with Gasteiger partial charge in [-0.3, -0.25) is 14.0 Å². The van der Waals surface area contributed by atoms with Crippen molar-refractivity contribution in [1.29, 1.82) is 0 Å². The summed E-state index contributed by atoms with van der Waals surface area (Å²) < 4.78 is 1.70. The maximum absolute atomic E-state index is 13.1. The average Bonchev–Trinajstić information content (AvgIpc) is 2.91. The minimum Gasteiger partial charge on any atom is -0.345 e. The van der Waals surface area contributed by atoms with Gasteiger partial charge in [-0.15, -0.1) is 0 Å². The van der Waals surface area contributed by atoms with Crippen LogP contribution in [0.4, 0.5) is 0 Å². The van der Waals surface area contributed by atoms with Gasteiger partial charge >= 0.3 is 0 Å². The van der Waals surface area contributed by atoms with Gasteiger partial charge in [0.2, 0.25) is 5.82 Å². The normalized spacial score (nSPS) is 14.6. The third-order valence-electron chi connectivity index (χ3n) is 5.38. The Kier molecular flexibility index (Phi) is 5.60. The largest absolute Gasteiger partial charge is 0.345 e. The van der Waals surface area contributed by atoms with Crippen molar-refractivity contribution in [3.05, 3.63) is 71.3 Å². The molecule has 0 radical (unpaired) electrons. The third-order valence-corrected chi connectivity index (χ3v) is 5.38. The first-order chi connectivity index (χ1) is 14.1. The molecule has 1 N–H and O–H groups in total. The zero-order valence-corrected chi connectivity index (χ0v) is 16.7. The third kappa shape index (κ3) is 4.16. The molecule has 4 rings (SSSR count). The highest BCUT2D eigenvalue weighted by Crippen LogP contribution is 2.18. The van der Waals surface area contributed by atoms with Crippen molar-refractivity contribution in [1.82, 2.24) is 19.6 Å². The molecule has 6 heteroatoms. The first-order valence-electron chi connectivity index (χ1n) is 10.2. The van der Waals surface area contributed by atoms with E-state index in [1.165, 1.54) is 0 Å². The van der Waals surface area contributed by atoms with E-state index in [1.807, 2.05) is 54.3 Å². The number of hydrogen-bond acceptors (Lipinski definition) is 3. The van der Waals surface area contributed by atoms with Gasteiger partial charge < -0.3 is 10.2 Å². The number of carbonyl (C=O) groups is 2.